The van der Waals surface area contributed by atoms with E-state index in [-0.39, 0.29) is 6.04 Å². The van der Waals surface area contributed by atoms with Crippen LogP contribution in [0.5, 0.6) is 34.5 Å². The molecule has 1 aliphatic carbocycles. The summed E-state index contributed by atoms with van der Waals surface area (Å²) in [6.07, 6.45) is 7.24. The molecule has 3 aliphatic rings. The van der Waals surface area contributed by atoms with E-state index in [1.807, 2.05) is 24.3 Å². The lowest BCUT2D eigenvalue weighted by Crippen LogP contribution is -2.32. The minimum Gasteiger partial charge on any atom is -0.493 e. The maximum Gasteiger partial charge on any atom is 0.203 e. The van der Waals surface area contributed by atoms with Crippen molar-refractivity contribution in [3.63, 3.8) is 0 Å². The minimum atomic E-state index is -0.0465. The van der Waals surface area contributed by atoms with E-state index in [1.165, 1.54) is 16.1 Å². The lowest BCUT2D eigenvalue weighted by Gasteiger charge is -2.38. The monoisotopic (exact) mass is 550 g/mol. The van der Waals surface area contributed by atoms with Gasteiger partial charge in [-0.15, -0.1) is 0 Å². The second kappa shape index (κ2) is 11.2. The Morgan fingerprint density at radius 2 is 1.36 bits per heavy atom. The molecule has 0 fully saturated rings. The molecule has 2 aromatic carbocycles. The number of amidine groups is 1. The van der Waals surface area contributed by atoms with Crippen LogP contribution in [0.1, 0.15) is 43.4 Å². The van der Waals surface area contributed by atoms with Crippen LogP contribution < -0.4 is 28.4 Å². The van der Waals surface area contributed by atoms with Crippen LogP contribution in [0.15, 0.2) is 57.2 Å². The summed E-state index contributed by atoms with van der Waals surface area (Å²) < 4.78 is 33.7. The smallest absolute Gasteiger partial charge is 0.203 e. The number of benzene rings is 2. The second-order valence-corrected chi connectivity index (χ2v) is 10.6. The molecule has 0 N–H and O–H groups in total. The number of rotatable bonds is 8. The Labute approximate surface area is 233 Å². The summed E-state index contributed by atoms with van der Waals surface area (Å²) in [6.45, 7) is 2.11. The third-order valence-electron chi connectivity index (χ3n) is 7.14. The standard InChI is InChI=1S/C30H34N2O6S/c1-17-16-32-27(20-14-24(35-4)29(38-7)25(15-20)36-5)21-10-8-9-19(26(21)31-30(32)39-17)11-18-12-22(33-2)28(37-6)23(13-18)34-3/h11-16,27H,8-10H2,1-7H3/b19-11+. The number of methoxy groups -OCH3 is 6. The first-order chi connectivity index (χ1) is 19.0. The molecule has 0 spiro atoms. The fraction of sp³-hybridized carbons (Fsp3) is 0.367. The summed E-state index contributed by atoms with van der Waals surface area (Å²) in [5.41, 5.74) is 5.51. The highest BCUT2D eigenvalue weighted by Gasteiger charge is 2.38. The number of aliphatic imine (C=N–C) groups is 1. The van der Waals surface area contributed by atoms with Gasteiger partial charge in [-0.2, -0.15) is 0 Å². The molecule has 8 nitrogen and oxygen atoms in total. The van der Waals surface area contributed by atoms with Crippen molar-refractivity contribution in [1.82, 2.24) is 4.90 Å². The van der Waals surface area contributed by atoms with Crippen LogP contribution in [0, 0.1) is 0 Å². The molecule has 1 unspecified atom stereocenters. The molecule has 1 atom stereocenters. The van der Waals surface area contributed by atoms with Crippen LogP contribution in [0.3, 0.4) is 0 Å². The largest absolute Gasteiger partial charge is 0.493 e. The molecule has 0 saturated heterocycles. The van der Waals surface area contributed by atoms with E-state index in [2.05, 4.69) is 24.1 Å². The van der Waals surface area contributed by atoms with Crippen molar-refractivity contribution in [3.05, 3.63) is 63.3 Å². The number of hydrogen-bond donors (Lipinski definition) is 0. The number of thioether (sulfide) groups is 1. The van der Waals surface area contributed by atoms with Gasteiger partial charge in [-0.1, -0.05) is 11.8 Å². The number of ether oxygens (including phenoxy) is 6. The first-order valence-electron chi connectivity index (χ1n) is 12.7. The van der Waals surface area contributed by atoms with Crippen LogP contribution in [0.25, 0.3) is 6.08 Å². The van der Waals surface area contributed by atoms with Gasteiger partial charge in [-0.25, -0.2) is 4.99 Å². The number of fused-ring (bicyclic) bond motifs is 1. The zero-order chi connectivity index (χ0) is 27.7. The Balaban J connectivity index is 1.67. The first-order valence-corrected chi connectivity index (χ1v) is 13.5. The number of allylic oxidation sites excluding steroid dienone is 2. The summed E-state index contributed by atoms with van der Waals surface area (Å²) >= 11 is 1.69. The van der Waals surface area contributed by atoms with Gasteiger partial charge in [0.05, 0.1) is 54.4 Å². The van der Waals surface area contributed by atoms with Crippen LogP contribution >= 0.6 is 11.8 Å². The normalized spacial score (nSPS) is 19.2. The molecule has 9 heteroatoms. The van der Waals surface area contributed by atoms with E-state index in [0.29, 0.717) is 34.5 Å². The van der Waals surface area contributed by atoms with Crippen molar-refractivity contribution >= 4 is 23.0 Å². The van der Waals surface area contributed by atoms with Gasteiger partial charge in [-0.05, 0) is 78.8 Å². The van der Waals surface area contributed by atoms with Crippen molar-refractivity contribution in [3.8, 4) is 34.5 Å². The average molecular weight is 551 g/mol. The molecular formula is C30H34N2O6S. The Kier molecular flexibility index (Phi) is 7.70. The van der Waals surface area contributed by atoms with Crippen LogP contribution in [-0.4, -0.2) is 52.7 Å². The minimum absolute atomic E-state index is 0.0465. The summed E-state index contributed by atoms with van der Waals surface area (Å²) in [5, 5.41) is 0.961. The average Bonchev–Trinajstić information content (AvgIpc) is 3.34. The molecular weight excluding hydrogens is 516 g/mol. The molecule has 0 saturated carbocycles. The molecule has 0 amide bonds. The molecule has 206 valence electrons. The SMILES string of the molecule is COc1cc(/C=C2\CCCC3=C2N=C2SC(C)=CN2C3c2cc(OC)c(OC)c(OC)c2)cc(OC)c1OC. The van der Waals surface area contributed by atoms with Gasteiger partial charge >= 0.3 is 0 Å². The van der Waals surface area contributed by atoms with Gasteiger partial charge in [-0.3, -0.25) is 0 Å². The predicted octanol–water partition coefficient (Wildman–Crippen LogP) is 6.58. The van der Waals surface area contributed by atoms with Gasteiger partial charge in [0.25, 0.3) is 0 Å². The van der Waals surface area contributed by atoms with Gasteiger partial charge in [0.1, 0.15) is 0 Å². The highest BCUT2D eigenvalue weighted by Crippen LogP contribution is 2.51. The second-order valence-electron chi connectivity index (χ2n) is 9.36. The van der Waals surface area contributed by atoms with Gasteiger partial charge in [0.15, 0.2) is 28.2 Å². The third kappa shape index (κ3) is 4.80. The van der Waals surface area contributed by atoms with E-state index in [9.17, 15) is 0 Å². The van der Waals surface area contributed by atoms with Crippen molar-refractivity contribution in [2.24, 2.45) is 4.99 Å². The molecule has 0 bridgehead atoms. The highest BCUT2D eigenvalue weighted by atomic mass is 32.2. The Morgan fingerprint density at radius 3 is 1.90 bits per heavy atom. The summed E-state index contributed by atoms with van der Waals surface area (Å²) in [7, 11) is 9.79. The van der Waals surface area contributed by atoms with Crippen LogP contribution in [0.2, 0.25) is 0 Å². The molecule has 39 heavy (non-hydrogen) atoms. The van der Waals surface area contributed by atoms with Crippen molar-refractivity contribution in [2.75, 3.05) is 42.7 Å². The Bertz CT molecular complexity index is 1360. The summed E-state index contributed by atoms with van der Waals surface area (Å²) in [6, 6.07) is 7.98. The van der Waals surface area contributed by atoms with Crippen molar-refractivity contribution in [1.29, 1.82) is 0 Å². The molecule has 2 heterocycles. The maximum absolute atomic E-state index is 5.71. The Morgan fingerprint density at radius 1 is 0.795 bits per heavy atom. The topological polar surface area (TPSA) is 71.0 Å². The zero-order valence-electron chi connectivity index (χ0n) is 23.4. The fourth-order valence-corrected chi connectivity index (χ4v) is 6.33. The highest BCUT2D eigenvalue weighted by molar-refractivity contribution is 8.17. The maximum atomic E-state index is 5.71. The van der Waals surface area contributed by atoms with E-state index >= 15 is 0 Å². The van der Waals surface area contributed by atoms with E-state index < -0.39 is 0 Å². The van der Waals surface area contributed by atoms with E-state index in [4.69, 9.17) is 33.4 Å². The summed E-state index contributed by atoms with van der Waals surface area (Å²) in [5.74, 6) is 3.67. The van der Waals surface area contributed by atoms with Gasteiger partial charge < -0.3 is 33.3 Å². The number of nitrogens with zero attached hydrogens (tertiary/aromatic N) is 2. The van der Waals surface area contributed by atoms with E-state index in [0.717, 1.165) is 41.3 Å². The van der Waals surface area contributed by atoms with Crippen LogP contribution in [-0.2, 0) is 0 Å². The van der Waals surface area contributed by atoms with Crippen LogP contribution in [0.4, 0.5) is 0 Å². The van der Waals surface area contributed by atoms with Crippen molar-refractivity contribution < 1.29 is 28.4 Å². The molecule has 2 aliphatic heterocycles. The third-order valence-corrected chi connectivity index (χ3v) is 8.05. The quantitative estimate of drug-likeness (QED) is 0.365. The molecule has 0 aromatic heterocycles. The zero-order valence-corrected chi connectivity index (χ0v) is 24.2. The predicted molar refractivity (Wildman–Crippen MR) is 154 cm³/mol. The van der Waals surface area contributed by atoms with Gasteiger partial charge in [0.2, 0.25) is 11.5 Å². The Hall–Kier alpha value is -3.72. The molecule has 0 radical (unpaired) electrons. The molecule has 2 aromatic rings. The molecule has 5 rings (SSSR count). The summed E-state index contributed by atoms with van der Waals surface area (Å²) in [4.78, 5) is 8.66. The fourth-order valence-electron chi connectivity index (χ4n) is 5.47. The lowest BCUT2D eigenvalue weighted by molar-refractivity contribution is 0.322. The van der Waals surface area contributed by atoms with E-state index in [1.54, 1.807) is 54.4 Å². The van der Waals surface area contributed by atoms with Crippen molar-refractivity contribution in [2.45, 2.75) is 32.2 Å². The lowest BCUT2D eigenvalue weighted by atomic mass is 9.83. The first kappa shape index (κ1) is 26.9. The van der Waals surface area contributed by atoms with Gasteiger partial charge in [0, 0.05) is 11.1 Å². The number of hydrogen-bond acceptors (Lipinski definition) is 9.